The van der Waals surface area contributed by atoms with Crippen LogP contribution in [0.5, 0.6) is 5.75 Å². The molecule has 5 nitrogen and oxygen atoms in total. The van der Waals surface area contributed by atoms with E-state index >= 15 is 0 Å². The molecule has 1 aliphatic heterocycles. The van der Waals surface area contributed by atoms with Crippen LogP contribution >= 0.6 is 23.4 Å². The number of hydrogen-bond acceptors (Lipinski definition) is 6. The van der Waals surface area contributed by atoms with Crippen LogP contribution in [0.15, 0.2) is 82.7 Å². The van der Waals surface area contributed by atoms with Crippen LogP contribution in [-0.4, -0.2) is 15.7 Å². The number of aromatic nitrogens is 2. The molecule has 1 N–H and O–H groups in total. The molecule has 0 saturated heterocycles. The highest BCUT2D eigenvalue weighted by atomic mass is 35.5. The van der Waals surface area contributed by atoms with Gasteiger partial charge in [0.1, 0.15) is 35.3 Å². The van der Waals surface area contributed by atoms with E-state index in [1.165, 1.54) is 35.8 Å². The lowest BCUT2D eigenvalue weighted by Crippen LogP contribution is -2.00. The van der Waals surface area contributed by atoms with Gasteiger partial charge in [0.05, 0.1) is 10.7 Å². The van der Waals surface area contributed by atoms with E-state index in [1.54, 1.807) is 30.5 Å². The number of benzene rings is 2. The molecule has 4 rings (SSSR count). The Morgan fingerprint density at radius 2 is 2.03 bits per heavy atom. The van der Waals surface area contributed by atoms with Crippen molar-refractivity contribution in [2.75, 3.05) is 5.32 Å². The van der Waals surface area contributed by atoms with Crippen molar-refractivity contribution in [3.63, 3.8) is 0 Å². The summed E-state index contributed by atoms with van der Waals surface area (Å²) in [5.41, 5.74) is 4.51. The Labute approximate surface area is 219 Å². The number of anilines is 2. The summed E-state index contributed by atoms with van der Waals surface area (Å²) < 4.78 is 19.1. The van der Waals surface area contributed by atoms with E-state index in [9.17, 15) is 4.39 Å². The molecule has 1 aliphatic rings. The summed E-state index contributed by atoms with van der Waals surface area (Å²) >= 11 is 7.77. The molecule has 0 amide bonds. The van der Waals surface area contributed by atoms with Gasteiger partial charge >= 0.3 is 0 Å². The van der Waals surface area contributed by atoms with Crippen LogP contribution in [0.2, 0.25) is 5.02 Å². The summed E-state index contributed by atoms with van der Waals surface area (Å²) in [6, 6.07) is 11.6. The topological polar surface area (TPSA) is 59.4 Å². The smallest absolute Gasteiger partial charge is 0.138 e. The fourth-order valence-electron chi connectivity index (χ4n) is 3.31. The number of aliphatic imine (C=N–C) groups is 1. The molecule has 0 aliphatic carbocycles. The van der Waals surface area contributed by atoms with E-state index < -0.39 is 0 Å². The monoisotopic (exact) mass is 518 g/mol. The zero-order chi connectivity index (χ0) is 25.3. The van der Waals surface area contributed by atoms with Gasteiger partial charge < -0.3 is 10.1 Å². The highest BCUT2D eigenvalue weighted by molar-refractivity contribution is 8.03. The molecule has 0 radical (unpaired) electrons. The Hall–Kier alpha value is -3.60. The molecule has 3 aromatic rings. The molecule has 0 fully saturated rings. The van der Waals surface area contributed by atoms with Gasteiger partial charge in [0.25, 0.3) is 0 Å². The van der Waals surface area contributed by atoms with E-state index in [0.717, 1.165) is 40.4 Å². The maximum atomic E-state index is 13.4. The number of allylic oxidation sites excluding steroid dienone is 3. The van der Waals surface area contributed by atoms with Crippen molar-refractivity contribution in [2.45, 2.75) is 38.3 Å². The molecular formula is C28H24ClFN4OS. The number of rotatable bonds is 6. The summed E-state index contributed by atoms with van der Waals surface area (Å²) in [6.45, 7) is 4.26. The largest absolute Gasteiger partial charge is 0.487 e. The van der Waals surface area contributed by atoms with Gasteiger partial charge in [-0.25, -0.2) is 14.4 Å². The molecule has 182 valence electrons. The normalized spacial score (nSPS) is 15.3. The molecule has 1 aromatic heterocycles. The van der Waals surface area contributed by atoms with E-state index in [-0.39, 0.29) is 12.4 Å². The van der Waals surface area contributed by atoms with Crippen LogP contribution in [0.3, 0.4) is 0 Å². The molecule has 2 heterocycles. The minimum absolute atomic E-state index is 0.218. The third kappa shape index (κ3) is 7.20. The average Bonchev–Trinajstić information content (AvgIpc) is 2.85. The van der Waals surface area contributed by atoms with E-state index in [1.807, 2.05) is 19.1 Å². The maximum Gasteiger partial charge on any atom is 0.138 e. The number of hydrogen-bond donors (Lipinski definition) is 1. The zero-order valence-electron chi connectivity index (χ0n) is 19.9. The number of ether oxygens (including phenoxy) is 1. The fourth-order valence-corrected chi connectivity index (χ4v) is 4.16. The Morgan fingerprint density at radius 1 is 1.14 bits per heavy atom. The van der Waals surface area contributed by atoms with Crippen LogP contribution in [0.4, 0.5) is 15.9 Å². The summed E-state index contributed by atoms with van der Waals surface area (Å²) in [4.78, 5) is 13.2. The minimum Gasteiger partial charge on any atom is -0.487 e. The standard InChI is InChI=1S/C28H24ClFN4OS/c1-19-5-4-13-31-23(9-8-19)12-14-36-28-20(2)27(32-18-33-28)34-24-10-11-26(25(29)16-24)35-17-21-6-3-7-22(30)15-21/h3-7,10-11,13,15-16,18H,8-9,17H2,1-2H3,(H,32,33,34)/b13-4-,19-5+,31-23?. The Kier molecular flexibility index (Phi) is 8.77. The third-order valence-corrected chi connectivity index (χ3v) is 6.42. The van der Waals surface area contributed by atoms with Gasteiger partial charge in [-0.2, -0.15) is 0 Å². The summed E-state index contributed by atoms with van der Waals surface area (Å²) in [7, 11) is 0. The van der Waals surface area contributed by atoms with Gasteiger partial charge in [-0.15, -0.1) is 0 Å². The van der Waals surface area contributed by atoms with Gasteiger partial charge in [-0.05, 0) is 85.2 Å². The lowest BCUT2D eigenvalue weighted by molar-refractivity contribution is 0.306. The van der Waals surface area contributed by atoms with Crippen molar-refractivity contribution >= 4 is 40.6 Å². The second-order valence-corrected chi connectivity index (χ2v) is 9.30. The molecular weight excluding hydrogens is 495 g/mol. The van der Waals surface area contributed by atoms with Crippen molar-refractivity contribution in [3.8, 4) is 16.9 Å². The molecule has 8 heteroatoms. The van der Waals surface area contributed by atoms with Crippen LogP contribution < -0.4 is 10.1 Å². The van der Waals surface area contributed by atoms with Crippen LogP contribution in [0.25, 0.3) is 0 Å². The summed E-state index contributed by atoms with van der Waals surface area (Å²) in [6.07, 6.45) is 9.05. The summed E-state index contributed by atoms with van der Waals surface area (Å²) in [5.74, 6) is 4.01. The number of nitrogens with one attached hydrogen (secondary N) is 1. The Morgan fingerprint density at radius 3 is 2.86 bits per heavy atom. The van der Waals surface area contributed by atoms with E-state index in [0.29, 0.717) is 16.6 Å². The SMILES string of the molecule is C/C1=C\C=C/N=C(C#CSc2ncnc(Nc3ccc(OCc4cccc(F)c4)c(Cl)c3)c2C)CC1. The van der Waals surface area contributed by atoms with Crippen molar-refractivity contribution < 1.29 is 9.13 Å². The van der Waals surface area contributed by atoms with Crippen molar-refractivity contribution in [1.29, 1.82) is 0 Å². The van der Waals surface area contributed by atoms with Gasteiger partial charge in [0, 0.05) is 23.9 Å². The number of nitrogens with zero attached hydrogens (tertiary/aromatic N) is 3. The first-order chi connectivity index (χ1) is 17.5. The first-order valence-electron chi connectivity index (χ1n) is 11.3. The predicted octanol–water partition coefficient (Wildman–Crippen LogP) is 7.65. The van der Waals surface area contributed by atoms with Crippen molar-refractivity contribution in [2.24, 2.45) is 4.99 Å². The van der Waals surface area contributed by atoms with Gasteiger partial charge in [0.15, 0.2) is 0 Å². The van der Waals surface area contributed by atoms with Crippen molar-refractivity contribution in [3.05, 3.63) is 94.7 Å². The molecule has 0 spiro atoms. The average molecular weight is 519 g/mol. The molecule has 0 atom stereocenters. The molecule has 0 unspecified atom stereocenters. The maximum absolute atomic E-state index is 13.4. The Bertz CT molecular complexity index is 1410. The zero-order valence-corrected chi connectivity index (χ0v) is 21.5. The van der Waals surface area contributed by atoms with E-state index in [4.69, 9.17) is 16.3 Å². The second kappa shape index (κ2) is 12.4. The predicted molar refractivity (Wildman–Crippen MR) is 145 cm³/mol. The third-order valence-electron chi connectivity index (χ3n) is 5.31. The van der Waals surface area contributed by atoms with Crippen molar-refractivity contribution in [1.82, 2.24) is 9.97 Å². The molecule has 36 heavy (non-hydrogen) atoms. The minimum atomic E-state index is -0.302. The van der Waals surface area contributed by atoms with Gasteiger partial charge in [0.2, 0.25) is 0 Å². The molecule has 2 aromatic carbocycles. The molecule has 0 bridgehead atoms. The first kappa shape index (κ1) is 25.5. The van der Waals surface area contributed by atoms with Crippen LogP contribution in [0.1, 0.15) is 30.9 Å². The summed E-state index contributed by atoms with van der Waals surface area (Å²) in [5, 5.41) is 7.59. The fraction of sp³-hybridized carbons (Fsp3) is 0.179. The number of halogens is 2. The van der Waals surface area contributed by atoms with Gasteiger partial charge in [-0.1, -0.05) is 35.4 Å². The highest BCUT2D eigenvalue weighted by Gasteiger charge is 2.10. The van der Waals surface area contributed by atoms with Crippen LogP contribution in [-0.2, 0) is 6.61 Å². The molecule has 0 saturated carbocycles. The first-order valence-corrected chi connectivity index (χ1v) is 12.5. The highest BCUT2D eigenvalue weighted by Crippen LogP contribution is 2.31. The lowest BCUT2D eigenvalue weighted by Gasteiger charge is -2.12. The lowest BCUT2D eigenvalue weighted by atomic mass is 10.1. The number of thioether (sulfide) groups is 1. The Balaban J connectivity index is 1.40. The quantitative estimate of drug-likeness (QED) is 0.206. The van der Waals surface area contributed by atoms with Gasteiger partial charge in [-0.3, -0.25) is 4.99 Å². The van der Waals surface area contributed by atoms with Crippen LogP contribution in [0, 0.1) is 23.9 Å². The second-order valence-electron chi connectivity index (χ2n) is 8.10. The van der Waals surface area contributed by atoms with E-state index in [2.05, 4.69) is 44.4 Å².